The third-order valence-electron chi connectivity index (χ3n) is 8.07. The molecule has 0 N–H and O–H groups in total. The summed E-state index contributed by atoms with van der Waals surface area (Å²) < 4.78 is 10.5. The van der Waals surface area contributed by atoms with Crippen molar-refractivity contribution in [3.8, 4) is 11.5 Å². The average molecular weight is 579 g/mol. The molecule has 4 aromatic rings. The lowest BCUT2D eigenvalue weighted by atomic mass is 9.88. The van der Waals surface area contributed by atoms with Crippen molar-refractivity contribution in [1.82, 2.24) is 20.4 Å². The van der Waals surface area contributed by atoms with Gasteiger partial charge in [-0.2, -0.15) is 20.4 Å². The zero-order chi connectivity index (χ0) is 30.0. The summed E-state index contributed by atoms with van der Waals surface area (Å²) in [5.74, 6) is 2.21. The number of aromatic nitrogens is 4. The molecule has 2 heterocycles. The third-order valence-corrected chi connectivity index (χ3v) is 8.07. The molecule has 1 fully saturated rings. The van der Waals surface area contributed by atoms with Crippen molar-refractivity contribution < 1.29 is 19.1 Å². The molecule has 5 rings (SSSR count). The van der Waals surface area contributed by atoms with Crippen molar-refractivity contribution >= 4 is 11.6 Å². The van der Waals surface area contributed by atoms with Gasteiger partial charge in [0.05, 0.1) is 49.8 Å². The number of methoxy groups -OCH3 is 2. The lowest BCUT2D eigenvalue weighted by Gasteiger charge is -2.19. The summed E-state index contributed by atoms with van der Waals surface area (Å²) in [7, 11) is 3.24. The number of carbonyl (C=O) groups is 2. The Morgan fingerprint density at radius 2 is 1.09 bits per heavy atom. The van der Waals surface area contributed by atoms with E-state index in [0.29, 0.717) is 24.2 Å². The van der Waals surface area contributed by atoms with Gasteiger partial charge in [0, 0.05) is 24.7 Å². The number of rotatable bonds is 12. The highest BCUT2D eigenvalue weighted by Gasteiger charge is 2.25. The number of hydrogen-bond donors (Lipinski definition) is 0. The highest BCUT2D eigenvalue weighted by atomic mass is 16.5. The van der Waals surface area contributed by atoms with Crippen molar-refractivity contribution in [3.05, 3.63) is 107 Å². The molecule has 2 atom stereocenters. The number of nitrogens with zero attached hydrogens (tertiary/aromatic N) is 4. The van der Waals surface area contributed by atoms with Gasteiger partial charge in [0.15, 0.2) is 0 Å². The molecule has 2 unspecified atom stereocenters. The molecule has 0 bridgehead atoms. The van der Waals surface area contributed by atoms with E-state index in [1.807, 2.05) is 72.8 Å². The second-order valence-corrected chi connectivity index (χ2v) is 11.3. The van der Waals surface area contributed by atoms with Crippen LogP contribution in [0.3, 0.4) is 0 Å². The lowest BCUT2D eigenvalue weighted by molar-refractivity contribution is -0.118. The highest BCUT2D eigenvalue weighted by Crippen LogP contribution is 2.38. The van der Waals surface area contributed by atoms with E-state index >= 15 is 0 Å². The SMILES string of the molecule is COc1cccc(CC(=O)Cc2ccc(C3CCCCC(c4ccc(CC(=O)Cc5cccc(OC)c5)nn4)C3)nn2)c1. The molecule has 8 heteroatoms. The van der Waals surface area contributed by atoms with Crippen molar-refractivity contribution in [2.45, 2.75) is 69.6 Å². The van der Waals surface area contributed by atoms with Gasteiger partial charge >= 0.3 is 0 Å². The standard InChI is InChI=1S/C35H38N4O4/c1-42-32-11-5-7-24(19-32)17-30(40)22-28-13-15-34(38-36-28)26-9-3-4-10-27(21-26)35-16-14-29(37-39-35)23-31(41)18-25-8-6-12-33(20-25)43-2/h5-8,11-16,19-20,26-27H,3-4,9-10,17-18,21-23H2,1-2H3. The number of Topliss-reactive ketones (excluding diaryl/α,β-unsaturated/α-hetero) is 2. The van der Waals surface area contributed by atoms with Crippen LogP contribution in [0.1, 0.15) is 77.8 Å². The second kappa shape index (κ2) is 14.6. The largest absolute Gasteiger partial charge is 0.497 e. The first-order valence-electron chi connectivity index (χ1n) is 14.9. The fourth-order valence-electron chi connectivity index (χ4n) is 5.81. The van der Waals surface area contributed by atoms with E-state index in [9.17, 15) is 9.59 Å². The molecule has 2 aromatic heterocycles. The topological polar surface area (TPSA) is 104 Å². The summed E-state index contributed by atoms with van der Waals surface area (Å²) in [4.78, 5) is 25.3. The minimum Gasteiger partial charge on any atom is -0.497 e. The Morgan fingerprint density at radius 3 is 1.49 bits per heavy atom. The number of ketones is 2. The number of ether oxygens (including phenoxy) is 2. The predicted molar refractivity (Wildman–Crippen MR) is 163 cm³/mol. The summed E-state index contributed by atoms with van der Waals surface area (Å²) in [5, 5.41) is 17.9. The van der Waals surface area contributed by atoms with Gasteiger partial charge < -0.3 is 9.47 Å². The van der Waals surface area contributed by atoms with E-state index in [1.165, 1.54) is 0 Å². The fraction of sp³-hybridized carbons (Fsp3) is 0.371. The molecule has 0 amide bonds. The van der Waals surface area contributed by atoms with Crippen molar-refractivity contribution in [1.29, 1.82) is 0 Å². The zero-order valence-electron chi connectivity index (χ0n) is 24.9. The Bertz CT molecular complexity index is 1410. The van der Waals surface area contributed by atoms with Crippen LogP contribution in [0.5, 0.6) is 11.5 Å². The Morgan fingerprint density at radius 1 is 0.628 bits per heavy atom. The first kappa shape index (κ1) is 30.0. The van der Waals surface area contributed by atoms with Gasteiger partial charge in [-0.1, -0.05) is 37.1 Å². The van der Waals surface area contributed by atoms with Gasteiger partial charge in [0.1, 0.15) is 23.1 Å². The molecule has 0 aliphatic heterocycles. The number of carbonyl (C=O) groups excluding carboxylic acids is 2. The predicted octanol–water partition coefficient (Wildman–Crippen LogP) is 5.82. The van der Waals surface area contributed by atoms with Gasteiger partial charge in [0.25, 0.3) is 0 Å². The molecule has 1 aliphatic rings. The van der Waals surface area contributed by atoms with E-state index in [1.54, 1.807) is 14.2 Å². The number of benzene rings is 2. The maximum absolute atomic E-state index is 12.7. The molecule has 0 radical (unpaired) electrons. The molecule has 1 saturated carbocycles. The first-order chi connectivity index (χ1) is 21.0. The monoisotopic (exact) mass is 578 g/mol. The Hall–Kier alpha value is -4.46. The van der Waals surface area contributed by atoms with Crippen LogP contribution in [-0.4, -0.2) is 46.2 Å². The molecular weight excluding hydrogens is 540 g/mol. The summed E-state index contributed by atoms with van der Waals surface area (Å²) in [5.41, 5.74) is 5.14. The van der Waals surface area contributed by atoms with Crippen LogP contribution in [0, 0.1) is 0 Å². The van der Waals surface area contributed by atoms with Crippen LogP contribution < -0.4 is 9.47 Å². The molecule has 0 spiro atoms. The minimum atomic E-state index is 0.0915. The van der Waals surface area contributed by atoms with E-state index in [4.69, 9.17) is 9.47 Å². The fourth-order valence-corrected chi connectivity index (χ4v) is 5.81. The zero-order valence-corrected chi connectivity index (χ0v) is 24.9. The van der Waals surface area contributed by atoms with E-state index in [0.717, 1.165) is 66.1 Å². The van der Waals surface area contributed by atoms with Gasteiger partial charge in [-0.05, 0) is 78.9 Å². The van der Waals surface area contributed by atoms with E-state index in [2.05, 4.69) is 20.4 Å². The van der Waals surface area contributed by atoms with Crippen LogP contribution in [-0.2, 0) is 35.3 Å². The van der Waals surface area contributed by atoms with Crippen LogP contribution in [0.15, 0.2) is 72.8 Å². The van der Waals surface area contributed by atoms with Gasteiger partial charge in [0.2, 0.25) is 0 Å². The molecule has 43 heavy (non-hydrogen) atoms. The van der Waals surface area contributed by atoms with E-state index in [-0.39, 0.29) is 36.2 Å². The van der Waals surface area contributed by atoms with Gasteiger partial charge in [-0.3, -0.25) is 9.59 Å². The Balaban J connectivity index is 1.16. The highest BCUT2D eigenvalue weighted by molar-refractivity contribution is 5.83. The van der Waals surface area contributed by atoms with E-state index < -0.39 is 0 Å². The van der Waals surface area contributed by atoms with Crippen LogP contribution in [0.25, 0.3) is 0 Å². The van der Waals surface area contributed by atoms with Gasteiger partial charge in [-0.15, -0.1) is 0 Å². The van der Waals surface area contributed by atoms with Gasteiger partial charge in [-0.25, -0.2) is 0 Å². The molecule has 8 nitrogen and oxygen atoms in total. The summed E-state index contributed by atoms with van der Waals surface area (Å²) in [6.07, 6.45) is 6.42. The number of hydrogen-bond acceptors (Lipinski definition) is 8. The van der Waals surface area contributed by atoms with Crippen LogP contribution in [0.2, 0.25) is 0 Å². The molecule has 1 aliphatic carbocycles. The first-order valence-corrected chi connectivity index (χ1v) is 14.9. The smallest absolute Gasteiger partial charge is 0.143 e. The van der Waals surface area contributed by atoms with Crippen molar-refractivity contribution in [2.75, 3.05) is 14.2 Å². The summed E-state index contributed by atoms with van der Waals surface area (Å²) in [6.45, 7) is 0. The van der Waals surface area contributed by atoms with Crippen LogP contribution >= 0.6 is 0 Å². The Kier molecular flexibility index (Phi) is 10.2. The summed E-state index contributed by atoms with van der Waals surface area (Å²) >= 11 is 0. The minimum absolute atomic E-state index is 0.0915. The third kappa shape index (κ3) is 8.53. The average Bonchev–Trinajstić information content (AvgIpc) is 3.28. The maximum atomic E-state index is 12.7. The molecule has 222 valence electrons. The maximum Gasteiger partial charge on any atom is 0.143 e. The normalized spacial score (nSPS) is 16.7. The van der Waals surface area contributed by atoms with Crippen molar-refractivity contribution in [2.24, 2.45) is 0 Å². The Labute approximate surface area is 252 Å². The molecule has 0 saturated heterocycles. The molecule has 2 aromatic carbocycles. The summed E-state index contributed by atoms with van der Waals surface area (Å²) in [6, 6.07) is 23.1. The quantitative estimate of drug-likeness (QED) is 0.194. The molecular formula is C35H38N4O4. The lowest BCUT2D eigenvalue weighted by Crippen LogP contribution is -2.12. The van der Waals surface area contributed by atoms with Crippen LogP contribution in [0.4, 0.5) is 0 Å². The van der Waals surface area contributed by atoms with Crippen molar-refractivity contribution in [3.63, 3.8) is 0 Å². The second-order valence-electron chi connectivity index (χ2n) is 11.3.